The van der Waals surface area contributed by atoms with E-state index >= 15 is 0 Å². The molecule has 0 aliphatic carbocycles. The second-order valence-corrected chi connectivity index (χ2v) is 12.0. The van der Waals surface area contributed by atoms with E-state index in [1.807, 2.05) is 69.3 Å². The summed E-state index contributed by atoms with van der Waals surface area (Å²) >= 11 is 0. The lowest BCUT2D eigenvalue weighted by molar-refractivity contribution is -0.138. The summed E-state index contributed by atoms with van der Waals surface area (Å²) in [5.41, 5.74) is 14.6. The number of hydrogen-bond acceptors (Lipinski definition) is 6. The fraction of sp³-hybridized carbons (Fsp3) is 0.385. The zero-order valence-electron chi connectivity index (χ0n) is 28.2. The Kier molecular flexibility index (Phi) is 12.6. The molecular weight excluding hydrogens is 572 g/mol. The predicted molar refractivity (Wildman–Crippen MR) is 190 cm³/mol. The van der Waals surface area contributed by atoms with Gasteiger partial charge in [0.05, 0.1) is 17.9 Å². The van der Waals surface area contributed by atoms with Crippen LogP contribution in [0.3, 0.4) is 0 Å². The maximum absolute atomic E-state index is 13.6. The van der Waals surface area contributed by atoms with Gasteiger partial charge in [0.2, 0.25) is 0 Å². The lowest BCUT2D eigenvalue weighted by atomic mass is 9.96. The number of anilines is 2. The first-order valence-corrected chi connectivity index (χ1v) is 16.7. The topological polar surface area (TPSA) is 87.9 Å². The molecule has 1 fully saturated rings. The molecule has 4 rings (SSSR count). The van der Waals surface area contributed by atoms with Crippen LogP contribution >= 0.6 is 0 Å². The van der Waals surface area contributed by atoms with E-state index in [1.54, 1.807) is 6.92 Å². The number of esters is 1. The number of carbonyl (C=O) groups excluding carboxylic acids is 2. The second-order valence-electron chi connectivity index (χ2n) is 12.0. The number of aryl methyl sites for hydroxylation is 2. The van der Waals surface area contributed by atoms with Gasteiger partial charge in [-0.3, -0.25) is 9.69 Å². The molecule has 0 aromatic heterocycles. The molecule has 3 aromatic rings. The normalized spacial score (nSPS) is 14.5. The molecule has 244 valence electrons. The minimum Gasteiger partial charge on any atom is -0.462 e. The molecule has 1 heterocycles. The van der Waals surface area contributed by atoms with E-state index in [0.29, 0.717) is 34.6 Å². The molecule has 1 aliphatic rings. The highest BCUT2D eigenvalue weighted by Crippen LogP contribution is 2.27. The monoisotopic (exact) mass is 622 g/mol. The van der Waals surface area contributed by atoms with Gasteiger partial charge >= 0.3 is 5.97 Å². The molecule has 3 N–H and O–H groups in total. The Morgan fingerprint density at radius 1 is 0.935 bits per heavy atom. The third-order valence-corrected chi connectivity index (χ3v) is 8.59. The summed E-state index contributed by atoms with van der Waals surface area (Å²) in [6.45, 7) is 14.5. The van der Waals surface area contributed by atoms with Crippen LogP contribution in [-0.4, -0.2) is 49.6 Å². The lowest BCUT2D eigenvalue weighted by Gasteiger charge is -2.36. The Hall–Kier alpha value is -4.36. The SMILES string of the molecule is CC/C=C(C)/C(C(=O)OCC)=C(/N)c1cc(NC(=O)c2ccccc2CN2CCN(c3ccc(CCCC)cc3)CC2)ccc1C. The van der Waals surface area contributed by atoms with Crippen molar-refractivity contribution in [3.05, 3.63) is 112 Å². The van der Waals surface area contributed by atoms with Crippen molar-refractivity contribution in [1.82, 2.24) is 4.90 Å². The number of nitrogens with two attached hydrogens (primary N) is 1. The number of rotatable bonds is 13. The van der Waals surface area contributed by atoms with Gasteiger partial charge in [-0.15, -0.1) is 0 Å². The van der Waals surface area contributed by atoms with Gasteiger partial charge in [0.25, 0.3) is 5.91 Å². The summed E-state index contributed by atoms with van der Waals surface area (Å²) in [5, 5.41) is 3.08. The summed E-state index contributed by atoms with van der Waals surface area (Å²) in [5.74, 6) is -0.631. The third kappa shape index (κ3) is 8.88. The minimum atomic E-state index is -0.453. The molecular formula is C39H50N4O3. The summed E-state index contributed by atoms with van der Waals surface area (Å²) in [6.07, 6.45) is 6.30. The van der Waals surface area contributed by atoms with E-state index in [1.165, 1.54) is 24.1 Å². The average molecular weight is 623 g/mol. The highest BCUT2D eigenvalue weighted by atomic mass is 16.5. The molecule has 1 amide bonds. The maximum Gasteiger partial charge on any atom is 0.340 e. The van der Waals surface area contributed by atoms with Crippen molar-refractivity contribution >= 4 is 28.9 Å². The van der Waals surface area contributed by atoms with E-state index in [9.17, 15) is 9.59 Å². The molecule has 0 atom stereocenters. The van der Waals surface area contributed by atoms with Crippen molar-refractivity contribution in [2.45, 2.75) is 66.8 Å². The molecule has 0 spiro atoms. The van der Waals surface area contributed by atoms with Crippen molar-refractivity contribution in [2.24, 2.45) is 5.73 Å². The average Bonchev–Trinajstić information content (AvgIpc) is 3.06. The van der Waals surface area contributed by atoms with Gasteiger partial charge in [-0.05, 0) is 92.6 Å². The van der Waals surface area contributed by atoms with Crippen LogP contribution in [0.5, 0.6) is 0 Å². The number of amides is 1. The number of piperazine rings is 1. The van der Waals surface area contributed by atoms with E-state index in [0.717, 1.165) is 55.7 Å². The van der Waals surface area contributed by atoms with Gasteiger partial charge in [0.1, 0.15) is 0 Å². The third-order valence-electron chi connectivity index (χ3n) is 8.59. The summed E-state index contributed by atoms with van der Waals surface area (Å²) in [7, 11) is 0. The first-order valence-electron chi connectivity index (χ1n) is 16.7. The number of allylic oxidation sites excluding steroid dienone is 1. The number of nitrogens with one attached hydrogen (secondary N) is 1. The van der Waals surface area contributed by atoms with Gasteiger partial charge in [0.15, 0.2) is 0 Å². The van der Waals surface area contributed by atoms with E-state index < -0.39 is 5.97 Å². The van der Waals surface area contributed by atoms with Crippen LogP contribution in [0, 0.1) is 6.92 Å². The molecule has 3 aromatic carbocycles. The Balaban J connectivity index is 1.46. The molecule has 0 radical (unpaired) electrons. The van der Waals surface area contributed by atoms with Crippen LogP contribution in [0.2, 0.25) is 0 Å². The van der Waals surface area contributed by atoms with Gasteiger partial charge in [-0.1, -0.05) is 62.7 Å². The first kappa shape index (κ1) is 34.5. The Bertz CT molecular complexity index is 1550. The quantitative estimate of drug-likeness (QED) is 0.117. The van der Waals surface area contributed by atoms with Crippen molar-refractivity contribution < 1.29 is 14.3 Å². The first-order chi connectivity index (χ1) is 22.2. The molecule has 0 unspecified atom stereocenters. The zero-order valence-corrected chi connectivity index (χ0v) is 28.2. The number of nitrogens with zero attached hydrogens (tertiary/aromatic N) is 2. The summed E-state index contributed by atoms with van der Waals surface area (Å²) < 4.78 is 5.33. The largest absolute Gasteiger partial charge is 0.462 e. The number of benzene rings is 3. The lowest BCUT2D eigenvalue weighted by Crippen LogP contribution is -2.46. The van der Waals surface area contributed by atoms with E-state index in [-0.39, 0.29) is 12.5 Å². The number of carbonyl (C=O) groups is 2. The standard InChI is InChI=1S/C39H50N4O3/c1-6-9-13-30-17-20-33(21-18-30)43-24-22-42(23-25-43)27-31-14-10-11-15-34(31)38(44)41-32-19-16-28(4)35(26-32)37(40)36(29(5)12-7-2)39(45)46-8-3/h10-12,14-21,26H,6-9,13,22-25,27,40H2,1-5H3,(H,41,44)/b29-12+,37-36-. The number of ether oxygens (including phenoxy) is 1. The number of unbranched alkanes of at least 4 members (excludes halogenated alkanes) is 1. The fourth-order valence-electron chi connectivity index (χ4n) is 5.96. The van der Waals surface area contributed by atoms with Crippen LogP contribution in [0.4, 0.5) is 11.4 Å². The van der Waals surface area contributed by atoms with Gasteiger partial charge < -0.3 is 20.7 Å². The van der Waals surface area contributed by atoms with Crippen molar-refractivity contribution in [2.75, 3.05) is 43.0 Å². The summed E-state index contributed by atoms with van der Waals surface area (Å²) in [6, 6.07) is 22.4. The molecule has 7 heteroatoms. The van der Waals surface area contributed by atoms with Crippen molar-refractivity contribution in [3.63, 3.8) is 0 Å². The molecule has 46 heavy (non-hydrogen) atoms. The Morgan fingerprint density at radius 3 is 2.33 bits per heavy atom. The Labute approximate surface area is 275 Å². The molecule has 1 saturated heterocycles. The van der Waals surface area contributed by atoms with Crippen LogP contribution in [0.15, 0.2) is 84.0 Å². The van der Waals surface area contributed by atoms with Crippen molar-refractivity contribution in [1.29, 1.82) is 0 Å². The van der Waals surface area contributed by atoms with Gasteiger partial charge in [-0.2, -0.15) is 0 Å². The summed E-state index contributed by atoms with van der Waals surface area (Å²) in [4.78, 5) is 31.4. The number of hydrogen-bond donors (Lipinski definition) is 2. The maximum atomic E-state index is 13.6. The highest BCUT2D eigenvalue weighted by molar-refractivity contribution is 6.06. The van der Waals surface area contributed by atoms with Crippen LogP contribution < -0.4 is 16.0 Å². The smallest absolute Gasteiger partial charge is 0.340 e. The molecule has 0 saturated carbocycles. The van der Waals surface area contributed by atoms with Gasteiger partial charge in [0, 0.05) is 55.2 Å². The van der Waals surface area contributed by atoms with Crippen LogP contribution in [0.25, 0.3) is 5.70 Å². The Morgan fingerprint density at radius 2 is 1.65 bits per heavy atom. The second kappa shape index (κ2) is 16.8. The molecule has 7 nitrogen and oxygen atoms in total. The predicted octanol–water partition coefficient (Wildman–Crippen LogP) is 7.50. The fourth-order valence-corrected chi connectivity index (χ4v) is 5.96. The molecule has 1 aliphatic heterocycles. The highest BCUT2D eigenvalue weighted by Gasteiger charge is 2.22. The van der Waals surface area contributed by atoms with Crippen molar-refractivity contribution in [3.8, 4) is 0 Å². The molecule has 0 bridgehead atoms. The van der Waals surface area contributed by atoms with E-state index in [4.69, 9.17) is 10.5 Å². The zero-order chi connectivity index (χ0) is 33.1. The van der Waals surface area contributed by atoms with Crippen LogP contribution in [0.1, 0.15) is 79.6 Å². The van der Waals surface area contributed by atoms with E-state index in [2.05, 4.69) is 46.3 Å². The van der Waals surface area contributed by atoms with Gasteiger partial charge in [-0.25, -0.2) is 4.79 Å². The minimum absolute atomic E-state index is 0.178. The van der Waals surface area contributed by atoms with Crippen LogP contribution in [-0.2, 0) is 22.5 Å².